The maximum absolute atomic E-state index is 13.3. The molecule has 0 atom stereocenters. The van der Waals surface area contributed by atoms with Crippen molar-refractivity contribution in [2.75, 3.05) is 0 Å². The first-order valence-corrected chi connectivity index (χ1v) is 10.3. The van der Waals surface area contributed by atoms with Crippen LogP contribution in [0.15, 0.2) is 86.9 Å². The number of aliphatic hydroxyl groups excluding tert-OH is 1. The number of hydrogen-bond acceptors (Lipinski definition) is 5. The Balaban J connectivity index is 2.00. The van der Waals surface area contributed by atoms with Crippen molar-refractivity contribution < 1.29 is 17.9 Å². The quantitative estimate of drug-likeness (QED) is 0.539. The summed E-state index contributed by atoms with van der Waals surface area (Å²) in [5, 5.41) is 14.9. The van der Waals surface area contributed by atoms with Crippen molar-refractivity contribution in [1.82, 2.24) is 0 Å². The zero-order valence-electron chi connectivity index (χ0n) is 15.2. The highest BCUT2D eigenvalue weighted by Gasteiger charge is 2.18. The minimum absolute atomic E-state index is 0.0294. The van der Waals surface area contributed by atoms with E-state index >= 15 is 0 Å². The molecule has 29 heavy (non-hydrogen) atoms. The zero-order valence-corrected chi connectivity index (χ0v) is 16.0. The Hall–Kier alpha value is -3.26. The number of nitrogens with two attached hydrogens (primary N) is 1. The van der Waals surface area contributed by atoms with Gasteiger partial charge in [-0.3, -0.25) is 4.79 Å². The molecule has 0 saturated carbocycles. The van der Waals surface area contributed by atoms with Crippen LogP contribution in [-0.4, -0.2) is 13.5 Å². The summed E-state index contributed by atoms with van der Waals surface area (Å²) in [5.74, 6) is 0.325. The fraction of sp³-hybridized carbons (Fsp3) is 0.0455. The number of primary sulfonamides is 1. The van der Waals surface area contributed by atoms with Gasteiger partial charge in [-0.05, 0) is 47.5 Å². The van der Waals surface area contributed by atoms with E-state index in [-0.39, 0.29) is 16.9 Å². The highest BCUT2D eigenvalue weighted by molar-refractivity contribution is 7.89. The summed E-state index contributed by atoms with van der Waals surface area (Å²) in [6.45, 7) is -0.103. The molecule has 1 aromatic heterocycles. The summed E-state index contributed by atoms with van der Waals surface area (Å²) >= 11 is 0. The Morgan fingerprint density at radius 1 is 0.862 bits per heavy atom. The van der Waals surface area contributed by atoms with Gasteiger partial charge >= 0.3 is 0 Å². The second-order valence-corrected chi connectivity index (χ2v) is 8.12. The molecule has 3 aromatic carbocycles. The summed E-state index contributed by atoms with van der Waals surface area (Å²) in [6.07, 6.45) is 0. The number of sulfonamides is 1. The average Bonchev–Trinajstić information content (AvgIpc) is 2.73. The molecule has 146 valence electrons. The third kappa shape index (κ3) is 3.58. The van der Waals surface area contributed by atoms with Crippen LogP contribution in [0, 0.1) is 0 Å². The second-order valence-electron chi connectivity index (χ2n) is 6.56. The highest BCUT2D eigenvalue weighted by Crippen LogP contribution is 2.33. The van der Waals surface area contributed by atoms with Gasteiger partial charge < -0.3 is 9.52 Å². The van der Waals surface area contributed by atoms with Crippen LogP contribution in [-0.2, 0) is 16.6 Å². The number of hydrogen-bond donors (Lipinski definition) is 2. The zero-order chi connectivity index (χ0) is 20.6. The van der Waals surface area contributed by atoms with Crippen LogP contribution in [0.4, 0.5) is 0 Å². The van der Waals surface area contributed by atoms with Gasteiger partial charge in [0.1, 0.15) is 11.3 Å². The van der Waals surface area contributed by atoms with Gasteiger partial charge in [-0.1, -0.05) is 36.4 Å². The fourth-order valence-electron chi connectivity index (χ4n) is 3.18. The first-order valence-electron chi connectivity index (χ1n) is 8.78. The van der Waals surface area contributed by atoms with Crippen LogP contribution < -0.4 is 10.6 Å². The van der Waals surface area contributed by atoms with Crippen LogP contribution >= 0.6 is 0 Å². The van der Waals surface area contributed by atoms with E-state index in [0.29, 0.717) is 33.4 Å². The molecule has 4 aromatic rings. The molecule has 0 aliphatic rings. The number of para-hydroxylation sites is 1. The van der Waals surface area contributed by atoms with Gasteiger partial charge in [0.15, 0.2) is 0 Å². The monoisotopic (exact) mass is 407 g/mol. The summed E-state index contributed by atoms with van der Waals surface area (Å²) in [6, 6.07) is 19.7. The molecule has 0 saturated heterocycles. The standard InChI is InChI=1S/C22H17NO5S/c23-29(26,27)17-11-9-16(10-12-17)22-20(15-7-5-14(13-24)6-8-15)21(25)18-3-1-2-4-19(18)28-22/h1-12,24H,13H2,(H2,23,26,27). The summed E-state index contributed by atoms with van der Waals surface area (Å²) in [5.41, 5.74) is 2.48. The Kier molecular flexibility index (Phi) is 4.79. The fourth-order valence-corrected chi connectivity index (χ4v) is 3.70. The summed E-state index contributed by atoms with van der Waals surface area (Å²) in [4.78, 5) is 13.2. The topological polar surface area (TPSA) is 111 Å². The van der Waals surface area contributed by atoms with E-state index in [1.165, 1.54) is 12.1 Å². The predicted octanol–water partition coefficient (Wildman–Crippen LogP) is 3.27. The minimum Gasteiger partial charge on any atom is -0.455 e. The van der Waals surface area contributed by atoms with Crippen LogP contribution in [0.3, 0.4) is 0 Å². The summed E-state index contributed by atoms with van der Waals surface area (Å²) < 4.78 is 29.2. The van der Waals surface area contributed by atoms with Gasteiger partial charge in [0.2, 0.25) is 15.5 Å². The SMILES string of the molecule is NS(=O)(=O)c1ccc(-c2oc3ccccc3c(=O)c2-c2ccc(CO)cc2)cc1. The Morgan fingerprint density at radius 3 is 2.10 bits per heavy atom. The molecule has 0 aliphatic heterocycles. The van der Waals surface area contributed by atoms with E-state index in [0.717, 1.165) is 5.56 Å². The molecule has 1 heterocycles. The average molecular weight is 407 g/mol. The molecular formula is C22H17NO5S. The smallest absolute Gasteiger partial charge is 0.238 e. The van der Waals surface area contributed by atoms with Crippen molar-refractivity contribution in [2.45, 2.75) is 11.5 Å². The van der Waals surface area contributed by atoms with Gasteiger partial charge in [-0.25, -0.2) is 13.6 Å². The van der Waals surface area contributed by atoms with E-state index in [1.54, 1.807) is 60.7 Å². The molecule has 0 spiro atoms. The van der Waals surface area contributed by atoms with Crippen molar-refractivity contribution in [3.8, 4) is 22.5 Å². The number of aliphatic hydroxyl groups is 1. The molecule has 7 heteroatoms. The third-order valence-electron chi connectivity index (χ3n) is 4.67. The minimum atomic E-state index is -3.83. The molecule has 0 radical (unpaired) electrons. The van der Waals surface area contributed by atoms with Crippen molar-refractivity contribution in [3.05, 3.63) is 88.6 Å². The maximum Gasteiger partial charge on any atom is 0.238 e. The van der Waals surface area contributed by atoms with E-state index in [4.69, 9.17) is 9.56 Å². The maximum atomic E-state index is 13.3. The van der Waals surface area contributed by atoms with E-state index in [9.17, 15) is 18.3 Å². The number of rotatable bonds is 4. The first-order chi connectivity index (χ1) is 13.9. The number of fused-ring (bicyclic) bond motifs is 1. The van der Waals surface area contributed by atoms with Gasteiger partial charge in [0.05, 0.1) is 22.5 Å². The third-order valence-corrected chi connectivity index (χ3v) is 5.60. The van der Waals surface area contributed by atoms with Crippen LogP contribution in [0.25, 0.3) is 33.4 Å². The molecule has 3 N–H and O–H groups in total. The van der Waals surface area contributed by atoms with Crippen LogP contribution in [0.1, 0.15) is 5.56 Å². The molecular weight excluding hydrogens is 390 g/mol. The largest absolute Gasteiger partial charge is 0.455 e. The Morgan fingerprint density at radius 2 is 1.48 bits per heavy atom. The van der Waals surface area contributed by atoms with Crippen molar-refractivity contribution >= 4 is 21.0 Å². The van der Waals surface area contributed by atoms with Gasteiger partial charge in [0, 0.05) is 5.56 Å². The van der Waals surface area contributed by atoms with E-state index in [2.05, 4.69) is 0 Å². The first kappa shape index (κ1) is 19.1. The second kappa shape index (κ2) is 7.29. The summed E-state index contributed by atoms with van der Waals surface area (Å²) in [7, 11) is -3.83. The van der Waals surface area contributed by atoms with Gasteiger partial charge in [0.25, 0.3) is 0 Å². The molecule has 0 aliphatic carbocycles. The van der Waals surface area contributed by atoms with Gasteiger partial charge in [-0.15, -0.1) is 0 Å². The molecule has 0 amide bonds. The molecule has 0 bridgehead atoms. The lowest BCUT2D eigenvalue weighted by Gasteiger charge is -2.11. The highest BCUT2D eigenvalue weighted by atomic mass is 32.2. The van der Waals surface area contributed by atoms with E-state index in [1.807, 2.05) is 0 Å². The lowest BCUT2D eigenvalue weighted by molar-refractivity contribution is 0.282. The predicted molar refractivity (Wildman–Crippen MR) is 111 cm³/mol. The van der Waals surface area contributed by atoms with E-state index < -0.39 is 10.0 Å². The lowest BCUT2D eigenvalue weighted by atomic mass is 9.97. The lowest BCUT2D eigenvalue weighted by Crippen LogP contribution is -2.12. The van der Waals surface area contributed by atoms with Crippen molar-refractivity contribution in [2.24, 2.45) is 5.14 Å². The Bertz CT molecular complexity index is 1360. The van der Waals surface area contributed by atoms with Crippen LogP contribution in [0.5, 0.6) is 0 Å². The van der Waals surface area contributed by atoms with Gasteiger partial charge in [-0.2, -0.15) is 0 Å². The molecule has 0 unspecified atom stereocenters. The van der Waals surface area contributed by atoms with Crippen LogP contribution in [0.2, 0.25) is 0 Å². The normalized spacial score (nSPS) is 11.7. The van der Waals surface area contributed by atoms with Crippen molar-refractivity contribution in [3.63, 3.8) is 0 Å². The van der Waals surface area contributed by atoms with Crippen molar-refractivity contribution in [1.29, 1.82) is 0 Å². The molecule has 4 rings (SSSR count). The molecule has 6 nitrogen and oxygen atoms in total. The Labute approximate surface area is 166 Å². The molecule has 0 fully saturated rings. The number of benzene rings is 3.